The largest absolute Gasteiger partial charge is 0.409 e. The van der Waals surface area contributed by atoms with Gasteiger partial charge >= 0.3 is 0 Å². The molecule has 0 aliphatic rings. The summed E-state index contributed by atoms with van der Waals surface area (Å²) in [5.41, 5.74) is 5.66. The quantitative estimate of drug-likeness (QED) is 0.372. The Morgan fingerprint density at radius 3 is 2.75 bits per heavy atom. The van der Waals surface area contributed by atoms with Crippen molar-refractivity contribution in [3.05, 3.63) is 34.1 Å². The summed E-state index contributed by atoms with van der Waals surface area (Å²) in [5, 5.41) is 11.4. The van der Waals surface area contributed by atoms with Crippen LogP contribution < -0.4 is 5.73 Å². The molecule has 0 spiro atoms. The van der Waals surface area contributed by atoms with Crippen LogP contribution >= 0.6 is 15.9 Å². The Kier molecular flexibility index (Phi) is 5.94. The summed E-state index contributed by atoms with van der Waals surface area (Å²) >= 11 is 3.08. The molecule has 1 aromatic carbocycles. The van der Waals surface area contributed by atoms with Crippen LogP contribution in [0.4, 0.5) is 4.39 Å². The summed E-state index contributed by atoms with van der Waals surface area (Å²) in [4.78, 5) is 14.0. The van der Waals surface area contributed by atoms with Gasteiger partial charge in [0.25, 0.3) is 5.91 Å². The number of amidine groups is 1. The van der Waals surface area contributed by atoms with Crippen LogP contribution in [0.5, 0.6) is 0 Å². The van der Waals surface area contributed by atoms with Crippen molar-refractivity contribution in [1.29, 1.82) is 0 Å². The maximum Gasteiger partial charge on any atom is 0.255 e. The van der Waals surface area contributed by atoms with E-state index in [1.54, 1.807) is 6.07 Å². The van der Waals surface area contributed by atoms with Crippen molar-refractivity contribution in [2.24, 2.45) is 10.9 Å². The van der Waals surface area contributed by atoms with Crippen molar-refractivity contribution in [1.82, 2.24) is 4.90 Å². The molecule has 0 saturated carbocycles. The van der Waals surface area contributed by atoms with Crippen LogP contribution in [0.2, 0.25) is 0 Å². The number of benzene rings is 1. The van der Waals surface area contributed by atoms with Crippen LogP contribution in [-0.2, 0) is 0 Å². The van der Waals surface area contributed by atoms with E-state index in [1.807, 2.05) is 13.8 Å². The van der Waals surface area contributed by atoms with E-state index in [2.05, 4.69) is 21.1 Å². The van der Waals surface area contributed by atoms with Crippen LogP contribution in [0.25, 0.3) is 0 Å². The number of nitrogens with two attached hydrogens (primary N) is 1. The third-order valence-corrected chi connectivity index (χ3v) is 3.61. The lowest BCUT2D eigenvalue weighted by Gasteiger charge is -2.27. The van der Waals surface area contributed by atoms with Crippen LogP contribution in [0.15, 0.2) is 27.8 Å². The first-order chi connectivity index (χ1) is 9.38. The van der Waals surface area contributed by atoms with Gasteiger partial charge in [-0.25, -0.2) is 4.39 Å². The number of hydrogen-bond acceptors (Lipinski definition) is 3. The lowest BCUT2D eigenvalue weighted by atomic mass is 10.1. The number of hydrogen-bond donors (Lipinski definition) is 2. The molecule has 0 radical (unpaired) electrons. The molecule has 0 heterocycles. The topological polar surface area (TPSA) is 78.9 Å². The average molecular weight is 346 g/mol. The fourth-order valence-electron chi connectivity index (χ4n) is 1.70. The normalized spacial score (nSPS) is 11.8. The van der Waals surface area contributed by atoms with Gasteiger partial charge in [-0.15, -0.1) is 0 Å². The molecule has 0 atom stereocenters. The summed E-state index contributed by atoms with van der Waals surface area (Å²) in [6.45, 7) is 3.98. The molecule has 0 saturated heterocycles. The molecule has 1 amide bonds. The fraction of sp³-hybridized carbons (Fsp3) is 0.385. The van der Waals surface area contributed by atoms with Gasteiger partial charge in [-0.2, -0.15) is 0 Å². The van der Waals surface area contributed by atoms with Gasteiger partial charge in [0, 0.05) is 19.0 Å². The number of rotatable bonds is 5. The third kappa shape index (κ3) is 3.93. The van der Waals surface area contributed by atoms with Crippen LogP contribution in [-0.4, -0.2) is 34.4 Å². The predicted molar refractivity (Wildman–Crippen MR) is 78.3 cm³/mol. The lowest BCUT2D eigenvalue weighted by Crippen LogP contribution is -2.39. The number of nitrogens with zero attached hydrogens (tertiary/aromatic N) is 2. The molecule has 1 aromatic rings. The first kappa shape index (κ1) is 16.4. The van der Waals surface area contributed by atoms with E-state index in [0.717, 1.165) is 0 Å². The Morgan fingerprint density at radius 1 is 1.55 bits per heavy atom. The molecule has 1 rings (SSSR count). The number of amides is 1. The molecule has 0 aliphatic carbocycles. The van der Waals surface area contributed by atoms with Gasteiger partial charge in [0.15, 0.2) is 0 Å². The minimum Gasteiger partial charge on any atom is -0.409 e. The van der Waals surface area contributed by atoms with Crippen molar-refractivity contribution < 1.29 is 14.4 Å². The summed E-state index contributed by atoms with van der Waals surface area (Å²) in [6, 6.07) is 4.21. The standard InChI is InChI=1S/C13H17BrFN3O2/c1-8(2)18(7-6-11(16)17-20)13(19)9-4-3-5-10(15)12(9)14/h3-5,8,20H,6-7H2,1-2H3,(H2,16,17). The van der Waals surface area contributed by atoms with Gasteiger partial charge in [0.05, 0.1) is 10.0 Å². The summed E-state index contributed by atoms with van der Waals surface area (Å²) in [5.74, 6) is -0.755. The minimum absolute atomic E-state index is 0.0433. The zero-order valence-corrected chi connectivity index (χ0v) is 12.9. The molecule has 0 unspecified atom stereocenters. The highest BCUT2D eigenvalue weighted by Gasteiger charge is 2.22. The van der Waals surface area contributed by atoms with E-state index in [9.17, 15) is 9.18 Å². The Bertz CT molecular complexity index is 520. The van der Waals surface area contributed by atoms with Crippen molar-refractivity contribution in [2.75, 3.05) is 6.54 Å². The number of halogens is 2. The monoisotopic (exact) mass is 345 g/mol. The molecule has 0 aliphatic heterocycles. The van der Waals surface area contributed by atoms with Gasteiger partial charge in [0.2, 0.25) is 0 Å². The molecule has 0 bridgehead atoms. The Hall–Kier alpha value is -1.63. The van der Waals surface area contributed by atoms with Crippen LogP contribution in [0, 0.1) is 5.82 Å². The van der Waals surface area contributed by atoms with E-state index in [1.165, 1.54) is 17.0 Å². The first-order valence-corrected chi connectivity index (χ1v) is 6.89. The highest BCUT2D eigenvalue weighted by atomic mass is 79.9. The highest BCUT2D eigenvalue weighted by molar-refractivity contribution is 9.10. The van der Waals surface area contributed by atoms with Crippen molar-refractivity contribution >= 4 is 27.7 Å². The van der Waals surface area contributed by atoms with E-state index in [0.29, 0.717) is 0 Å². The van der Waals surface area contributed by atoms with Crippen molar-refractivity contribution in [2.45, 2.75) is 26.3 Å². The molecule has 20 heavy (non-hydrogen) atoms. The molecule has 0 aromatic heterocycles. The molecular formula is C13H17BrFN3O2. The second kappa shape index (κ2) is 7.23. The SMILES string of the molecule is CC(C)N(CC/C(N)=N/O)C(=O)c1cccc(F)c1Br. The summed E-state index contributed by atoms with van der Waals surface area (Å²) in [7, 11) is 0. The summed E-state index contributed by atoms with van der Waals surface area (Å²) in [6.07, 6.45) is 0.243. The molecule has 3 N–H and O–H groups in total. The second-order valence-electron chi connectivity index (χ2n) is 4.54. The molecule has 5 nitrogen and oxygen atoms in total. The average Bonchev–Trinajstić information content (AvgIpc) is 2.41. The first-order valence-electron chi connectivity index (χ1n) is 6.09. The zero-order valence-electron chi connectivity index (χ0n) is 11.3. The van der Waals surface area contributed by atoms with E-state index in [-0.39, 0.29) is 40.8 Å². The molecule has 7 heteroatoms. The van der Waals surface area contributed by atoms with E-state index in [4.69, 9.17) is 10.9 Å². The number of carbonyl (C=O) groups excluding carboxylic acids is 1. The zero-order chi connectivity index (χ0) is 15.3. The Balaban J connectivity index is 2.97. The minimum atomic E-state index is -0.490. The fourth-order valence-corrected chi connectivity index (χ4v) is 2.14. The van der Waals surface area contributed by atoms with E-state index < -0.39 is 5.82 Å². The van der Waals surface area contributed by atoms with Gasteiger partial charge in [-0.1, -0.05) is 11.2 Å². The molecule has 0 fully saturated rings. The van der Waals surface area contributed by atoms with Crippen molar-refractivity contribution in [3.8, 4) is 0 Å². The molecule has 110 valence electrons. The van der Waals surface area contributed by atoms with Crippen LogP contribution in [0.1, 0.15) is 30.6 Å². The predicted octanol–water partition coefficient (Wildman–Crippen LogP) is 2.58. The Labute approximate surface area is 125 Å². The maximum atomic E-state index is 13.5. The number of carbonyl (C=O) groups is 1. The van der Waals surface area contributed by atoms with Gasteiger partial charge < -0.3 is 15.8 Å². The van der Waals surface area contributed by atoms with Gasteiger partial charge in [0.1, 0.15) is 11.7 Å². The highest BCUT2D eigenvalue weighted by Crippen LogP contribution is 2.22. The maximum absolute atomic E-state index is 13.5. The third-order valence-electron chi connectivity index (χ3n) is 2.80. The summed E-state index contributed by atoms with van der Waals surface area (Å²) < 4.78 is 13.6. The van der Waals surface area contributed by atoms with Gasteiger partial charge in [-0.05, 0) is 41.9 Å². The van der Waals surface area contributed by atoms with Gasteiger partial charge in [-0.3, -0.25) is 4.79 Å². The second-order valence-corrected chi connectivity index (χ2v) is 5.33. The number of oxime groups is 1. The Morgan fingerprint density at radius 2 is 2.20 bits per heavy atom. The lowest BCUT2D eigenvalue weighted by molar-refractivity contribution is 0.0709. The van der Waals surface area contributed by atoms with Crippen molar-refractivity contribution in [3.63, 3.8) is 0 Å². The van der Waals surface area contributed by atoms with E-state index >= 15 is 0 Å². The smallest absolute Gasteiger partial charge is 0.255 e. The molecular weight excluding hydrogens is 329 g/mol. The van der Waals surface area contributed by atoms with Crippen LogP contribution in [0.3, 0.4) is 0 Å².